The largest absolute Gasteiger partial charge is 0.465 e. The van der Waals surface area contributed by atoms with Crippen molar-refractivity contribution in [1.29, 1.82) is 0 Å². The average molecular weight is 226 g/mol. The highest BCUT2D eigenvalue weighted by Crippen LogP contribution is 2.21. The Morgan fingerprint density at radius 3 is 2.67 bits per heavy atom. The van der Waals surface area contributed by atoms with E-state index in [1.54, 1.807) is 18.7 Å². The van der Waals surface area contributed by atoms with Crippen LogP contribution in [-0.4, -0.2) is 11.0 Å². The Hall–Kier alpha value is -0.700. The van der Waals surface area contributed by atoms with E-state index in [1.807, 2.05) is 12.1 Å². The van der Waals surface area contributed by atoms with E-state index in [9.17, 15) is 4.79 Å². The Morgan fingerprint density at radius 2 is 2.13 bits per heavy atom. The number of hydrogen-bond acceptors (Lipinski definition) is 3. The smallest absolute Gasteiger partial charge is 0.130 e. The lowest BCUT2D eigenvalue weighted by Gasteiger charge is -2.07. The summed E-state index contributed by atoms with van der Waals surface area (Å²) in [5.41, 5.74) is 0. The van der Waals surface area contributed by atoms with Crippen molar-refractivity contribution in [3.05, 3.63) is 23.7 Å². The van der Waals surface area contributed by atoms with Crippen LogP contribution in [0.2, 0.25) is 0 Å². The van der Waals surface area contributed by atoms with Crippen LogP contribution in [0.5, 0.6) is 0 Å². The molecule has 1 heterocycles. The lowest BCUT2D eigenvalue weighted by atomic mass is 10.2. The normalized spacial score (nSPS) is 12.7. The number of rotatable bonds is 6. The van der Waals surface area contributed by atoms with E-state index in [-0.39, 0.29) is 5.78 Å². The van der Waals surface area contributed by atoms with Gasteiger partial charge in [-0.1, -0.05) is 13.8 Å². The number of thioether (sulfide) groups is 1. The van der Waals surface area contributed by atoms with Crippen LogP contribution in [0.3, 0.4) is 0 Å². The highest BCUT2D eigenvalue weighted by atomic mass is 32.2. The van der Waals surface area contributed by atoms with Gasteiger partial charge < -0.3 is 4.42 Å². The minimum atomic E-state index is 0.253. The van der Waals surface area contributed by atoms with Crippen LogP contribution in [0.25, 0.3) is 0 Å². The molecule has 0 bridgehead atoms. The van der Waals surface area contributed by atoms with E-state index < -0.39 is 0 Å². The van der Waals surface area contributed by atoms with Gasteiger partial charge in [-0.2, -0.15) is 11.8 Å². The Bertz CT molecular complexity index is 317. The van der Waals surface area contributed by atoms with E-state index in [0.717, 1.165) is 23.7 Å². The third-order valence-corrected chi connectivity index (χ3v) is 3.34. The number of furan rings is 1. The van der Waals surface area contributed by atoms with E-state index in [1.165, 1.54) is 0 Å². The van der Waals surface area contributed by atoms with Crippen molar-refractivity contribution >= 4 is 17.5 Å². The summed E-state index contributed by atoms with van der Waals surface area (Å²) < 4.78 is 5.58. The zero-order valence-electron chi connectivity index (χ0n) is 9.58. The maximum atomic E-state index is 10.9. The van der Waals surface area contributed by atoms with Gasteiger partial charge >= 0.3 is 0 Å². The Balaban J connectivity index is 2.33. The van der Waals surface area contributed by atoms with Gasteiger partial charge in [-0.3, -0.25) is 4.79 Å². The molecule has 0 aliphatic carbocycles. The van der Waals surface area contributed by atoms with Gasteiger partial charge in [0.1, 0.15) is 17.3 Å². The number of ketones is 1. The molecule has 1 aromatic rings. The molecule has 0 amide bonds. The monoisotopic (exact) mass is 226 g/mol. The summed E-state index contributed by atoms with van der Waals surface area (Å²) in [6.45, 7) is 5.79. The highest BCUT2D eigenvalue weighted by molar-refractivity contribution is 7.99. The predicted molar refractivity (Wildman–Crippen MR) is 64.1 cm³/mol. The summed E-state index contributed by atoms with van der Waals surface area (Å²) >= 11 is 1.77. The van der Waals surface area contributed by atoms with Gasteiger partial charge in [0.25, 0.3) is 0 Å². The van der Waals surface area contributed by atoms with Crippen molar-refractivity contribution in [1.82, 2.24) is 0 Å². The lowest BCUT2D eigenvalue weighted by molar-refractivity contribution is -0.116. The molecule has 3 heteroatoms. The van der Waals surface area contributed by atoms with E-state index >= 15 is 0 Å². The van der Waals surface area contributed by atoms with Gasteiger partial charge in [-0.15, -0.1) is 0 Å². The molecule has 1 atom stereocenters. The second kappa shape index (κ2) is 6.01. The van der Waals surface area contributed by atoms with Crippen LogP contribution in [0.4, 0.5) is 0 Å². The van der Waals surface area contributed by atoms with Crippen LogP contribution >= 0.6 is 11.8 Å². The van der Waals surface area contributed by atoms with Crippen molar-refractivity contribution in [2.75, 3.05) is 0 Å². The minimum absolute atomic E-state index is 0.253. The second-order valence-electron chi connectivity index (χ2n) is 3.75. The summed E-state index contributed by atoms with van der Waals surface area (Å²) in [7, 11) is 0. The fourth-order valence-electron chi connectivity index (χ4n) is 1.38. The van der Waals surface area contributed by atoms with Crippen LogP contribution in [0.1, 0.15) is 38.7 Å². The van der Waals surface area contributed by atoms with Crippen molar-refractivity contribution in [3.63, 3.8) is 0 Å². The quantitative estimate of drug-likeness (QED) is 0.744. The Labute approximate surface area is 95.4 Å². The summed E-state index contributed by atoms with van der Waals surface area (Å²) in [6, 6.07) is 4.04. The molecule has 0 aliphatic rings. The molecular weight excluding hydrogens is 208 g/mol. The van der Waals surface area contributed by atoms with E-state index in [2.05, 4.69) is 13.8 Å². The van der Waals surface area contributed by atoms with Gasteiger partial charge in [0, 0.05) is 18.1 Å². The van der Waals surface area contributed by atoms with Gasteiger partial charge in [-0.25, -0.2) is 0 Å². The summed E-state index contributed by atoms with van der Waals surface area (Å²) in [4.78, 5) is 10.9. The predicted octanol–water partition coefficient (Wildman–Crippen LogP) is 3.44. The highest BCUT2D eigenvalue weighted by Gasteiger charge is 2.07. The Kier molecular flexibility index (Phi) is 4.95. The number of carbonyl (C=O) groups is 1. The third kappa shape index (κ3) is 4.56. The molecule has 1 aromatic heterocycles. The van der Waals surface area contributed by atoms with Crippen molar-refractivity contribution < 1.29 is 9.21 Å². The first-order valence-corrected chi connectivity index (χ1v) is 6.35. The molecule has 1 rings (SSSR count). The van der Waals surface area contributed by atoms with E-state index in [0.29, 0.717) is 11.7 Å². The fourth-order valence-corrected chi connectivity index (χ4v) is 2.33. The first-order chi connectivity index (χ1) is 7.11. The molecule has 0 saturated heterocycles. The lowest BCUT2D eigenvalue weighted by Crippen LogP contribution is -2.03. The molecule has 0 aliphatic heterocycles. The molecule has 0 saturated carbocycles. The van der Waals surface area contributed by atoms with Gasteiger partial charge in [0.15, 0.2) is 0 Å². The third-order valence-electron chi connectivity index (χ3n) is 2.15. The van der Waals surface area contributed by atoms with E-state index in [4.69, 9.17) is 4.42 Å². The average Bonchev–Trinajstić information content (AvgIpc) is 2.61. The van der Waals surface area contributed by atoms with Gasteiger partial charge in [0.05, 0.1) is 5.75 Å². The molecule has 0 fully saturated rings. The SMILES string of the molecule is CCc1ccc(CSC(C)CC(C)=O)o1. The minimum Gasteiger partial charge on any atom is -0.465 e. The number of hydrogen-bond donors (Lipinski definition) is 0. The number of carbonyl (C=O) groups excluding carboxylic acids is 1. The first-order valence-electron chi connectivity index (χ1n) is 5.30. The molecule has 0 N–H and O–H groups in total. The van der Waals surface area contributed by atoms with Crippen molar-refractivity contribution in [3.8, 4) is 0 Å². The fraction of sp³-hybridized carbons (Fsp3) is 0.583. The van der Waals surface area contributed by atoms with Crippen LogP contribution in [-0.2, 0) is 17.0 Å². The maximum Gasteiger partial charge on any atom is 0.130 e. The standard InChI is InChI=1S/C12H18O2S/c1-4-11-5-6-12(14-11)8-15-10(3)7-9(2)13/h5-6,10H,4,7-8H2,1-3H3. The molecule has 2 nitrogen and oxygen atoms in total. The van der Waals surface area contributed by atoms with Gasteiger partial charge in [-0.05, 0) is 19.1 Å². The summed E-state index contributed by atoms with van der Waals surface area (Å²) in [5, 5.41) is 0.373. The van der Waals surface area contributed by atoms with Crippen LogP contribution < -0.4 is 0 Å². The van der Waals surface area contributed by atoms with Crippen LogP contribution in [0, 0.1) is 0 Å². The topological polar surface area (TPSA) is 30.2 Å². The Morgan fingerprint density at radius 1 is 1.47 bits per heavy atom. The zero-order chi connectivity index (χ0) is 11.3. The molecule has 0 aromatic carbocycles. The number of Topliss-reactive ketones (excluding diaryl/α,β-unsaturated/α-hetero) is 1. The van der Waals surface area contributed by atoms with Crippen LogP contribution in [0.15, 0.2) is 16.5 Å². The molecule has 0 spiro atoms. The van der Waals surface area contributed by atoms with Gasteiger partial charge in [0.2, 0.25) is 0 Å². The molecule has 0 radical (unpaired) electrons. The molecule has 84 valence electrons. The summed E-state index contributed by atoms with van der Waals surface area (Å²) in [5.74, 6) is 3.15. The zero-order valence-corrected chi connectivity index (χ0v) is 10.4. The second-order valence-corrected chi connectivity index (χ2v) is 5.18. The number of aryl methyl sites for hydroxylation is 1. The van der Waals surface area contributed by atoms with Crippen molar-refractivity contribution in [2.45, 2.75) is 44.6 Å². The molecular formula is C12H18O2S. The molecule has 15 heavy (non-hydrogen) atoms. The summed E-state index contributed by atoms with van der Waals surface area (Å²) in [6.07, 6.45) is 1.58. The maximum absolute atomic E-state index is 10.9. The van der Waals surface area contributed by atoms with Crippen molar-refractivity contribution in [2.24, 2.45) is 0 Å². The first kappa shape index (κ1) is 12.4. The molecule has 1 unspecified atom stereocenters.